The highest BCUT2D eigenvalue weighted by molar-refractivity contribution is 5.59. The molecule has 0 N–H and O–H groups in total. The smallest absolute Gasteiger partial charge is 0.434 e. The van der Waals surface area contributed by atoms with Gasteiger partial charge in [-0.05, 0) is 50.4 Å². The number of epoxide rings is 2. The van der Waals surface area contributed by atoms with Crippen LogP contribution >= 0.6 is 0 Å². The first-order chi connectivity index (χ1) is 9.78. The molecule has 20 heavy (non-hydrogen) atoms. The maximum atomic E-state index is 11.6. The summed E-state index contributed by atoms with van der Waals surface area (Å²) >= 11 is 0. The highest BCUT2D eigenvalue weighted by atomic mass is 16.7. The number of fused-ring (bicyclic) bond motifs is 2. The molecule has 2 heterocycles. The largest absolute Gasteiger partial charge is 0.508 e. The quantitative estimate of drug-likeness (QED) is 0.585. The predicted octanol–water partition coefficient (Wildman–Crippen LogP) is 2.27. The molecule has 2 aliphatic carbocycles. The number of ether oxygens (including phenoxy) is 4. The summed E-state index contributed by atoms with van der Waals surface area (Å²) in [5.41, 5.74) is 0. The average Bonchev–Trinajstić information content (AvgIpc) is 3.35. The van der Waals surface area contributed by atoms with Crippen molar-refractivity contribution in [1.29, 1.82) is 0 Å². The first-order valence-electron chi connectivity index (χ1n) is 7.88. The van der Waals surface area contributed by atoms with E-state index in [0.29, 0.717) is 49.5 Å². The third kappa shape index (κ3) is 2.93. The molecule has 0 radical (unpaired) electrons. The zero-order valence-corrected chi connectivity index (χ0v) is 11.7. The Morgan fingerprint density at radius 1 is 0.800 bits per heavy atom. The highest BCUT2D eigenvalue weighted by Gasteiger charge is 2.45. The van der Waals surface area contributed by atoms with Crippen LogP contribution in [0.15, 0.2) is 0 Å². The molecule has 0 spiro atoms. The molecule has 4 rings (SSSR count). The Bertz CT molecular complexity index is 350. The minimum absolute atomic E-state index is 0.432. The Hall–Kier alpha value is -0.810. The van der Waals surface area contributed by atoms with Crippen LogP contribution in [0.4, 0.5) is 4.79 Å². The van der Waals surface area contributed by atoms with E-state index in [9.17, 15) is 4.79 Å². The van der Waals surface area contributed by atoms with E-state index in [1.807, 2.05) is 0 Å². The Morgan fingerprint density at radius 3 is 1.75 bits per heavy atom. The molecular formula is C15H22O5. The van der Waals surface area contributed by atoms with Crippen LogP contribution in [0, 0.1) is 11.8 Å². The van der Waals surface area contributed by atoms with Gasteiger partial charge < -0.3 is 18.9 Å². The van der Waals surface area contributed by atoms with E-state index < -0.39 is 6.16 Å². The van der Waals surface area contributed by atoms with Gasteiger partial charge in [0.1, 0.15) is 0 Å². The van der Waals surface area contributed by atoms with Crippen molar-refractivity contribution < 1.29 is 23.7 Å². The van der Waals surface area contributed by atoms with Crippen LogP contribution in [0.1, 0.15) is 38.5 Å². The molecule has 5 heteroatoms. The van der Waals surface area contributed by atoms with Gasteiger partial charge in [0, 0.05) is 0 Å². The van der Waals surface area contributed by atoms with Gasteiger partial charge in [-0.1, -0.05) is 0 Å². The second-order valence-corrected chi connectivity index (χ2v) is 6.66. The lowest BCUT2D eigenvalue weighted by molar-refractivity contribution is 0.0284. The molecule has 0 aromatic carbocycles. The third-order valence-corrected chi connectivity index (χ3v) is 5.10. The lowest BCUT2D eigenvalue weighted by atomic mass is 9.90. The molecule has 2 saturated heterocycles. The van der Waals surface area contributed by atoms with Crippen LogP contribution in [0.2, 0.25) is 0 Å². The van der Waals surface area contributed by atoms with Gasteiger partial charge in [-0.25, -0.2) is 4.79 Å². The summed E-state index contributed by atoms with van der Waals surface area (Å²) in [6.07, 6.45) is 7.82. The standard InChI is InChI=1S/C15H22O5/c16-15(17-7-9-1-3-11-13(5-9)19-11)18-8-10-2-4-12-14(6-10)20-12/h9-14H,1-8H2/t9?,10?,11-,12?,13?,14?/m1/s1. The summed E-state index contributed by atoms with van der Waals surface area (Å²) in [6.45, 7) is 0.952. The lowest BCUT2D eigenvalue weighted by Gasteiger charge is -2.20. The van der Waals surface area contributed by atoms with E-state index in [1.165, 1.54) is 0 Å². The molecule has 6 atom stereocenters. The van der Waals surface area contributed by atoms with Crippen molar-refractivity contribution in [3.63, 3.8) is 0 Å². The highest BCUT2D eigenvalue weighted by Crippen LogP contribution is 2.40. The Balaban J connectivity index is 1.11. The van der Waals surface area contributed by atoms with Gasteiger partial charge in [-0.15, -0.1) is 0 Å². The molecule has 0 aromatic heterocycles. The van der Waals surface area contributed by atoms with Gasteiger partial charge in [0.05, 0.1) is 37.6 Å². The van der Waals surface area contributed by atoms with E-state index in [1.54, 1.807) is 0 Å². The SMILES string of the molecule is O=C(OCC1CCC2OC2C1)OCC1CC[C@H]2OC2C1. The second kappa shape index (κ2) is 5.19. The molecular weight excluding hydrogens is 260 g/mol. The summed E-state index contributed by atoms with van der Waals surface area (Å²) in [5.74, 6) is 0.892. The first kappa shape index (κ1) is 12.9. The third-order valence-electron chi connectivity index (χ3n) is 5.10. The maximum absolute atomic E-state index is 11.6. The summed E-state index contributed by atoms with van der Waals surface area (Å²) in [5, 5.41) is 0. The number of hydrogen-bond donors (Lipinski definition) is 0. The van der Waals surface area contributed by atoms with Crippen LogP contribution in [0.5, 0.6) is 0 Å². The van der Waals surface area contributed by atoms with Crippen molar-refractivity contribution in [1.82, 2.24) is 0 Å². The van der Waals surface area contributed by atoms with Gasteiger partial charge in [-0.3, -0.25) is 0 Å². The molecule has 4 aliphatic rings. The van der Waals surface area contributed by atoms with E-state index in [-0.39, 0.29) is 0 Å². The van der Waals surface area contributed by atoms with Crippen molar-refractivity contribution in [3.8, 4) is 0 Å². The predicted molar refractivity (Wildman–Crippen MR) is 69.3 cm³/mol. The molecule has 4 fully saturated rings. The van der Waals surface area contributed by atoms with Gasteiger partial charge >= 0.3 is 6.16 Å². The van der Waals surface area contributed by atoms with Crippen molar-refractivity contribution in [2.45, 2.75) is 62.9 Å². The molecule has 0 bridgehead atoms. The zero-order valence-electron chi connectivity index (χ0n) is 11.7. The number of rotatable bonds is 4. The van der Waals surface area contributed by atoms with E-state index in [2.05, 4.69) is 0 Å². The summed E-state index contributed by atoms with van der Waals surface area (Å²) in [4.78, 5) is 11.6. The van der Waals surface area contributed by atoms with Crippen LogP contribution in [0.25, 0.3) is 0 Å². The van der Waals surface area contributed by atoms with Crippen LogP contribution < -0.4 is 0 Å². The first-order valence-corrected chi connectivity index (χ1v) is 7.88. The number of hydrogen-bond acceptors (Lipinski definition) is 5. The van der Waals surface area contributed by atoms with Crippen LogP contribution in [-0.2, 0) is 18.9 Å². The Morgan fingerprint density at radius 2 is 1.30 bits per heavy atom. The van der Waals surface area contributed by atoms with Gasteiger partial charge in [-0.2, -0.15) is 0 Å². The van der Waals surface area contributed by atoms with Crippen LogP contribution in [0.3, 0.4) is 0 Å². The van der Waals surface area contributed by atoms with Crippen molar-refractivity contribution >= 4 is 6.16 Å². The Kier molecular flexibility index (Phi) is 3.34. The number of carbonyl (C=O) groups excluding carboxylic acids is 1. The zero-order chi connectivity index (χ0) is 13.5. The van der Waals surface area contributed by atoms with Gasteiger partial charge in [0.25, 0.3) is 0 Å². The summed E-state index contributed by atoms with van der Waals surface area (Å²) in [7, 11) is 0. The molecule has 0 aromatic rings. The van der Waals surface area contributed by atoms with Crippen molar-refractivity contribution in [2.24, 2.45) is 11.8 Å². The normalized spacial score (nSPS) is 45.0. The summed E-state index contributed by atoms with van der Waals surface area (Å²) < 4.78 is 21.4. The molecule has 2 saturated carbocycles. The topological polar surface area (TPSA) is 60.6 Å². The Labute approximate surface area is 118 Å². The maximum Gasteiger partial charge on any atom is 0.508 e. The monoisotopic (exact) mass is 282 g/mol. The fourth-order valence-corrected chi connectivity index (χ4v) is 3.69. The average molecular weight is 282 g/mol. The minimum atomic E-state index is -0.511. The summed E-state index contributed by atoms with van der Waals surface area (Å²) in [6, 6.07) is 0. The van der Waals surface area contributed by atoms with Crippen molar-refractivity contribution in [3.05, 3.63) is 0 Å². The number of carbonyl (C=O) groups is 1. The van der Waals surface area contributed by atoms with E-state index in [0.717, 1.165) is 38.5 Å². The molecule has 5 unspecified atom stereocenters. The lowest BCUT2D eigenvalue weighted by Crippen LogP contribution is -2.23. The fraction of sp³-hybridized carbons (Fsp3) is 0.933. The molecule has 5 nitrogen and oxygen atoms in total. The molecule has 0 amide bonds. The van der Waals surface area contributed by atoms with E-state index in [4.69, 9.17) is 18.9 Å². The minimum Gasteiger partial charge on any atom is -0.434 e. The van der Waals surface area contributed by atoms with Crippen molar-refractivity contribution in [2.75, 3.05) is 13.2 Å². The fourth-order valence-electron chi connectivity index (χ4n) is 3.69. The molecule has 112 valence electrons. The van der Waals surface area contributed by atoms with Gasteiger partial charge in [0.15, 0.2) is 0 Å². The van der Waals surface area contributed by atoms with E-state index >= 15 is 0 Å². The van der Waals surface area contributed by atoms with Gasteiger partial charge in [0.2, 0.25) is 0 Å². The van der Waals surface area contributed by atoms with Crippen LogP contribution in [-0.4, -0.2) is 43.8 Å². The molecule has 2 aliphatic heterocycles. The second-order valence-electron chi connectivity index (χ2n) is 6.66.